The van der Waals surface area contributed by atoms with Gasteiger partial charge in [-0.05, 0) is 54.2 Å². The van der Waals surface area contributed by atoms with Gasteiger partial charge in [0.25, 0.3) is 0 Å². The average molecular weight is 388 g/mol. The van der Waals surface area contributed by atoms with Crippen LogP contribution in [0.25, 0.3) is 0 Å². The molecule has 2 heteroatoms. The third kappa shape index (κ3) is 4.07. The summed E-state index contributed by atoms with van der Waals surface area (Å²) in [6, 6.07) is 8.81. The Morgan fingerprint density at radius 1 is 1.16 bits per heavy atom. The summed E-state index contributed by atoms with van der Waals surface area (Å²) in [7, 11) is 0. The van der Waals surface area contributed by atoms with Crippen molar-refractivity contribution in [2.45, 2.75) is 51.3 Å². The maximum atomic E-state index is 3.95. The van der Waals surface area contributed by atoms with E-state index in [4.69, 9.17) is 0 Å². The number of halogens is 2. The zero-order chi connectivity index (χ0) is 14.0. The van der Waals surface area contributed by atoms with Crippen LogP contribution in [-0.4, -0.2) is 4.83 Å². The molecule has 0 aliphatic heterocycles. The molecule has 1 fully saturated rings. The van der Waals surface area contributed by atoms with Crippen LogP contribution in [-0.2, 0) is 6.42 Å². The molecule has 0 saturated heterocycles. The van der Waals surface area contributed by atoms with Gasteiger partial charge in [-0.2, -0.15) is 0 Å². The van der Waals surface area contributed by atoms with Gasteiger partial charge in [-0.3, -0.25) is 0 Å². The summed E-state index contributed by atoms with van der Waals surface area (Å²) in [5.74, 6) is 1.66. The number of hydrogen-bond acceptors (Lipinski definition) is 0. The van der Waals surface area contributed by atoms with E-state index in [1.165, 1.54) is 35.7 Å². The highest BCUT2D eigenvalue weighted by atomic mass is 79.9. The van der Waals surface area contributed by atoms with Crippen molar-refractivity contribution in [3.05, 3.63) is 34.3 Å². The fraction of sp³-hybridized carbons (Fsp3) is 0.647. The predicted octanol–water partition coefficient (Wildman–Crippen LogP) is 6.22. The van der Waals surface area contributed by atoms with Gasteiger partial charge >= 0.3 is 0 Å². The Bertz CT molecular complexity index is 408. The summed E-state index contributed by atoms with van der Waals surface area (Å²) >= 11 is 7.46. The van der Waals surface area contributed by atoms with Gasteiger partial charge in [-0.25, -0.2) is 0 Å². The maximum absolute atomic E-state index is 3.95. The Morgan fingerprint density at radius 2 is 1.79 bits per heavy atom. The van der Waals surface area contributed by atoms with Crippen molar-refractivity contribution in [2.24, 2.45) is 17.3 Å². The molecule has 106 valence electrons. The minimum Gasteiger partial charge on any atom is -0.0887 e. The Balaban J connectivity index is 2.07. The molecule has 0 amide bonds. The lowest BCUT2D eigenvalue weighted by atomic mass is 9.66. The fourth-order valence-corrected chi connectivity index (χ4v) is 5.33. The summed E-state index contributed by atoms with van der Waals surface area (Å²) in [6.45, 7) is 7.25. The van der Waals surface area contributed by atoms with E-state index in [0.717, 1.165) is 11.8 Å². The van der Waals surface area contributed by atoms with Gasteiger partial charge in [0.2, 0.25) is 0 Å². The molecule has 3 atom stereocenters. The van der Waals surface area contributed by atoms with Crippen molar-refractivity contribution in [1.82, 2.24) is 0 Å². The number of hydrogen-bond donors (Lipinski definition) is 0. The predicted molar refractivity (Wildman–Crippen MR) is 90.8 cm³/mol. The van der Waals surface area contributed by atoms with Crippen LogP contribution in [0.5, 0.6) is 0 Å². The molecule has 19 heavy (non-hydrogen) atoms. The van der Waals surface area contributed by atoms with Gasteiger partial charge in [-0.1, -0.05) is 71.2 Å². The second kappa shape index (κ2) is 6.30. The lowest BCUT2D eigenvalue weighted by Gasteiger charge is -2.42. The third-order valence-electron chi connectivity index (χ3n) is 4.61. The minimum atomic E-state index is 0.363. The molecule has 1 aromatic rings. The molecule has 1 aliphatic carbocycles. The van der Waals surface area contributed by atoms with Gasteiger partial charge in [0.1, 0.15) is 0 Å². The van der Waals surface area contributed by atoms with Gasteiger partial charge in [0.05, 0.1) is 0 Å². The van der Waals surface area contributed by atoms with E-state index in [9.17, 15) is 0 Å². The fourth-order valence-electron chi connectivity index (χ4n) is 3.45. The molecule has 0 nitrogen and oxygen atoms in total. The first-order valence-corrected chi connectivity index (χ1v) is 8.98. The second-order valence-electron chi connectivity index (χ2n) is 6.83. The summed E-state index contributed by atoms with van der Waals surface area (Å²) in [5.41, 5.74) is 1.81. The first kappa shape index (κ1) is 15.6. The molecule has 0 aromatic heterocycles. The Hall–Kier alpha value is 0.180. The molecule has 1 aromatic carbocycles. The third-order valence-corrected chi connectivity index (χ3v) is 6.15. The summed E-state index contributed by atoms with van der Waals surface area (Å²) in [5, 5.41) is 0. The van der Waals surface area contributed by atoms with E-state index in [2.05, 4.69) is 76.9 Å². The lowest BCUT2D eigenvalue weighted by molar-refractivity contribution is 0.147. The molecule has 2 rings (SSSR count). The molecule has 3 unspecified atom stereocenters. The molecule has 1 saturated carbocycles. The van der Waals surface area contributed by atoms with Crippen LogP contribution in [0, 0.1) is 17.3 Å². The van der Waals surface area contributed by atoms with Crippen LogP contribution in [0.4, 0.5) is 0 Å². The van der Waals surface area contributed by atoms with Crippen molar-refractivity contribution in [1.29, 1.82) is 0 Å². The van der Waals surface area contributed by atoms with Crippen molar-refractivity contribution in [3.8, 4) is 0 Å². The van der Waals surface area contributed by atoms with Crippen LogP contribution in [0.1, 0.15) is 45.6 Å². The summed E-state index contributed by atoms with van der Waals surface area (Å²) in [6.07, 6.45) is 5.24. The molecular formula is C17H24Br2. The normalized spacial score (nSPS) is 28.4. The van der Waals surface area contributed by atoms with Gasteiger partial charge in [-0.15, -0.1) is 0 Å². The molecule has 0 N–H and O–H groups in total. The summed E-state index contributed by atoms with van der Waals surface area (Å²) in [4.78, 5) is 0.682. The Kier molecular flexibility index (Phi) is 5.16. The topological polar surface area (TPSA) is 0 Å². The van der Waals surface area contributed by atoms with Crippen LogP contribution >= 0.6 is 31.9 Å². The molecule has 1 aliphatic rings. The Morgan fingerprint density at radius 3 is 2.37 bits per heavy atom. The zero-order valence-corrected chi connectivity index (χ0v) is 15.3. The van der Waals surface area contributed by atoms with E-state index < -0.39 is 0 Å². The second-order valence-corrected chi connectivity index (χ2v) is 8.92. The summed E-state index contributed by atoms with van der Waals surface area (Å²) < 4.78 is 1.17. The molecular weight excluding hydrogens is 364 g/mol. The first-order valence-electron chi connectivity index (χ1n) is 7.27. The van der Waals surface area contributed by atoms with Crippen LogP contribution < -0.4 is 0 Å². The largest absolute Gasteiger partial charge is 0.0887 e. The standard InChI is InChI=1S/C17H24Br2/c1-12-4-9-15(16(19)10-12)17(2,3)11-13-5-7-14(18)8-6-13/h5-8,12,15-16H,4,9-11H2,1-3H3. The van der Waals surface area contributed by atoms with Crippen molar-refractivity contribution < 1.29 is 0 Å². The number of alkyl halides is 1. The smallest absolute Gasteiger partial charge is 0.0181 e. The van der Waals surface area contributed by atoms with Gasteiger partial charge in [0, 0.05) is 9.30 Å². The monoisotopic (exact) mass is 386 g/mol. The number of benzene rings is 1. The highest BCUT2D eigenvalue weighted by Crippen LogP contribution is 2.45. The van der Waals surface area contributed by atoms with E-state index in [0.29, 0.717) is 10.2 Å². The zero-order valence-electron chi connectivity index (χ0n) is 12.1. The van der Waals surface area contributed by atoms with Crippen molar-refractivity contribution in [2.75, 3.05) is 0 Å². The van der Waals surface area contributed by atoms with E-state index in [-0.39, 0.29) is 0 Å². The van der Waals surface area contributed by atoms with E-state index in [1.54, 1.807) is 0 Å². The van der Waals surface area contributed by atoms with Crippen LogP contribution in [0.3, 0.4) is 0 Å². The quantitative estimate of drug-likeness (QED) is 0.540. The van der Waals surface area contributed by atoms with Crippen LogP contribution in [0.15, 0.2) is 28.7 Å². The molecule has 0 bridgehead atoms. The highest BCUT2D eigenvalue weighted by molar-refractivity contribution is 9.10. The molecule has 0 radical (unpaired) electrons. The van der Waals surface area contributed by atoms with Gasteiger partial charge in [0.15, 0.2) is 0 Å². The number of rotatable bonds is 3. The van der Waals surface area contributed by atoms with Crippen molar-refractivity contribution in [3.63, 3.8) is 0 Å². The SMILES string of the molecule is CC1CCC(C(C)(C)Cc2ccc(Br)cc2)C(Br)C1. The van der Waals surface area contributed by atoms with E-state index in [1.807, 2.05) is 0 Å². The van der Waals surface area contributed by atoms with E-state index >= 15 is 0 Å². The average Bonchev–Trinajstić information content (AvgIpc) is 2.31. The van der Waals surface area contributed by atoms with Gasteiger partial charge < -0.3 is 0 Å². The highest BCUT2D eigenvalue weighted by Gasteiger charge is 2.37. The molecule has 0 heterocycles. The minimum absolute atomic E-state index is 0.363. The molecule has 0 spiro atoms. The first-order chi connectivity index (χ1) is 8.88. The lowest BCUT2D eigenvalue weighted by Crippen LogP contribution is -2.37. The maximum Gasteiger partial charge on any atom is 0.0181 e. The Labute approximate surface area is 134 Å². The van der Waals surface area contributed by atoms with Crippen molar-refractivity contribution >= 4 is 31.9 Å². The van der Waals surface area contributed by atoms with Crippen LogP contribution in [0.2, 0.25) is 0 Å².